The number of hydrogen-bond donors (Lipinski definition) is 0. The van der Waals surface area contributed by atoms with Gasteiger partial charge in [0.2, 0.25) is 0 Å². The minimum atomic E-state index is -0.985. The minimum absolute atomic E-state index is 0.875. The molecule has 0 bridgehead atoms. The van der Waals surface area contributed by atoms with Crippen molar-refractivity contribution >= 4 is 10.0 Å². The third kappa shape index (κ3) is 6.91. The summed E-state index contributed by atoms with van der Waals surface area (Å²) in [4.78, 5) is 0. The molecule has 0 spiro atoms. The zero-order valence-electron chi connectivity index (χ0n) is 10.9. The molecule has 0 fully saturated rings. The predicted octanol–water partition coefficient (Wildman–Crippen LogP) is 3.50. The van der Waals surface area contributed by atoms with E-state index in [4.69, 9.17) is 8.85 Å². The highest BCUT2D eigenvalue weighted by atomic mass is 28.3. The summed E-state index contributed by atoms with van der Waals surface area (Å²) >= 11 is 0. The Balaban J connectivity index is 0.000000399. The standard InChI is InChI=1S/C12H12O2Si.C4H6/c1-3-7-11(8-4-1)13-15-14-12-9-5-2-6-10-12;1-3-4-2/h1-10H,15H2;3-4H,1-2H2. The molecule has 98 valence electrons. The fourth-order valence-corrected chi connectivity index (χ4v) is 1.91. The van der Waals surface area contributed by atoms with Crippen LogP contribution in [-0.2, 0) is 0 Å². The predicted molar refractivity (Wildman–Crippen MR) is 83.1 cm³/mol. The van der Waals surface area contributed by atoms with Crippen LogP contribution in [0.25, 0.3) is 0 Å². The zero-order chi connectivity index (χ0) is 13.8. The third-order valence-corrected chi connectivity index (χ3v) is 3.01. The molecule has 0 atom stereocenters. The van der Waals surface area contributed by atoms with Gasteiger partial charge in [-0.1, -0.05) is 61.7 Å². The monoisotopic (exact) mass is 270 g/mol. The summed E-state index contributed by atoms with van der Waals surface area (Å²) in [6.45, 7) is 6.72. The van der Waals surface area contributed by atoms with E-state index in [1.807, 2.05) is 60.7 Å². The van der Waals surface area contributed by atoms with Crippen LogP contribution in [-0.4, -0.2) is 10.0 Å². The van der Waals surface area contributed by atoms with E-state index in [0.717, 1.165) is 11.5 Å². The Morgan fingerprint density at radius 3 is 1.37 bits per heavy atom. The van der Waals surface area contributed by atoms with E-state index in [-0.39, 0.29) is 0 Å². The smallest absolute Gasteiger partial charge is 0.427 e. The first-order valence-electron chi connectivity index (χ1n) is 5.96. The van der Waals surface area contributed by atoms with Gasteiger partial charge in [-0.3, -0.25) is 0 Å². The van der Waals surface area contributed by atoms with Gasteiger partial charge >= 0.3 is 10.0 Å². The Morgan fingerprint density at radius 1 is 0.684 bits per heavy atom. The molecule has 19 heavy (non-hydrogen) atoms. The molecule has 0 aliphatic carbocycles. The largest absolute Gasteiger partial charge is 0.516 e. The van der Waals surface area contributed by atoms with E-state index in [9.17, 15) is 0 Å². The molecule has 2 aromatic rings. The molecule has 0 saturated carbocycles. The second-order valence-electron chi connectivity index (χ2n) is 3.50. The first-order valence-corrected chi connectivity index (χ1v) is 7.11. The fourth-order valence-electron chi connectivity index (χ4n) is 1.20. The van der Waals surface area contributed by atoms with Crippen LogP contribution in [0.5, 0.6) is 11.5 Å². The van der Waals surface area contributed by atoms with E-state index in [0.29, 0.717) is 0 Å². The lowest BCUT2D eigenvalue weighted by atomic mass is 10.3. The lowest BCUT2D eigenvalue weighted by molar-refractivity contribution is 0.459. The first kappa shape index (κ1) is 14.8. The maximum Gasteiger partial charge on any atom is 0.427 e. The lowest BCUT2D eigenvalue weighted by Gasteiger charge is -2.07. The summed E-state index contributed by atoms with van der Waals surface area (Å²) in [7, 11) is -0.985. The third-order valence-electron chi connectivity index (χ3n) is 2.10. The molecular weight excluding hydrogens is 252 g/mol. The van der Waals surface area contributed by atoms with E-state index >= 15 is 0 Å². The molecule has 0 unspecified atom stereocenters. The van der Waals surface area contributed by atoms with Crippen molar-refractivity contribution in [2.24, 2.45) is 0 Å². The topological polar surface area (TPSA) is 18.5 Å². The highest BCUT2D eigenvalue weighted by molar-refractivity contribution is 6.20. The molecular formula is C16H18O2Si. The van der Waals surface area contributed by atoms with Crippen LogP contribution >= 0.6 is 0 Å². The Kier molecular flexibility index (Phi) is 7.58. The second kappa shape index (κ2) is 9.73. The highest BCUT2D eigenvalue weighted by Gasteiger charge is 1.94. The quantitative estimate of drug-likeness (QED) is 0.611. The van der Waals surface area contributed by atoms with Crippen LogP contribution in [0, 0.1) is 0 Å². The average Bonchev–Trinajstić information content (AvgIpc) is 2.50. The summed E-state index contributed by atoms with van der Waals surface area (Å²) in [5, 5.41) is 0. The van der Waals surface area contributed by atoms with E-state index in [1.165, 1.54) is 0 Å². The van der Waals surface area contributed by atoms with E-state index < -0.39 is 10.0 Å². The van der Waals surface area contributed by atoms with E-state index in [2.05, 4.69) is 13.2 Å². The van der Waals surface area contributed by atoms with Crippen molar-refractivity contribution in [1.29, 1.82) is 0 Å². The molecule has 3 heteroatoms. The normalized spacial score (nSPS) is 8.63. The molecule has 0 heterocycles. The van der Waals surface area contributed by atoms with Gasteiger partial charge in [-0.2, -0.15) is 0 Å². The molecule has 0 aliphatic rings. The van der Waals surface area contributed by atoms with Crippen molar-refractivity contribution in [3.8, 4) is 11.5 Å². The maximum absolute atomic E-state index is 5.53. The summed E-state index contributed by atoms with van der Waals surface area (Å²) < 4.78 is 11.1. The van der Waals surface area contributed by atoms with Gasteiger partial charge in [0.25, 0.3) is 0 Å². The number of allylic oxidation sites excluding steroid dienone is 2. The van der Waals surface area contributed by atoms with Gasteiger partial charge in [0.15, 0.2) is 0 Å². The summed E-state index contributed by atoms with van der Waals surface area (Å²) in [6, 6.07) is 19.5. The number of rotatable bonds is 5. The fraction of sp³-hybridized carbons (Fsp3) is 0. The van der Waals surface area contributed by atoms with Crippen molar-refractivity contribution in [2.75, 3.05) is 0 Å². The van der Waals surface area contributed by atoms with Gasteiger partial charge in [0.05, 0.1) is 0 Å². The van der Waals surface area contributed by atoms with E-state index in [1.54, 1.807) is 12.2 Å². The van der Waals surface area contributed by atoms with Gasteiger partial charge in [0, 0.05) is 0 Å². The molecule has 0 aromatic heterocycles. The highest BCUT2D eigenvalue weighted by Crippen LogP contribution is 2.10. The van der Waals surface area contributed by atoms with Crippen molar-refractivity contribution in [2.45, 2.75) is 0 Å². The summed E-state index contributed by atoms with van der Waals surface area (Å²) in [6.07, 6.45) is 3.28. The molecule has 2 rings (SSSR count). The van der Waals surface area contributed by atoms with Gasteiger partial charge in [-0.25, -0.2) is 0 Å². The Hall–Kier alpha value is -2.26. The second-order valence-corrected chi connectivity index (χ2v) is 4.32. The van der Waals surface area contributed by atoms with Crippen LogP contribution in [0.4, 0.5) is 0 Å². The van der Waals surface area contributed by atoms with Crippen molar-refractivity contribution in [3.05, 3.63) is 86.0 Å². The van der Waals surface area contributed by atoms with Gasteiger partial charge < -0.3 is 8.85 Å². The Labute approximate surface area is 117 Å². The van der Waals surface area contributed by atoms with Crippen molar-refractivity contribution < 1.29 is 8.85 Å². The van der Waals surface area contributed by atoms with Gasteiger partial charge in [-0.15, -0.1) is 0 Å². The van der Waals surface area contributed by atoms with Crippen LogP contribution in [0.3, 0.4) is 0 Å². The average molecular weight is 270 g/mol. The molecule has 2 aromatic carbocycles. The Bertz CT molecular complexity index is 423. The molecule has 0 radical (unpaired) electrons. The zero-order valence-corrected chi connectivity index (χ0v) is 12.3. The first-order chi connectivity index (χ1) is 9.36. The molecule has 0 amide bonds. The number of benzene rings is 2. The van der Waals surface area contributed by atoms with Crippen LogP contribution in [0.15, 0.2) is 86.0 Å². The minimum Gasteiger partial charge on any atom is -0.516 e. The van der Waals surface area contributed by atoms with Gasteiger partial charge in [-0.05, 0) is 24.3 Å². The lowest BCUT2D eigenvalue weighted by Crippen LogP contribution is -2.10. The summed E-state index contributed by atoms with van der Waals surface area (Å²) in [5.41, 5.74) is 0. The molecule has 2 nitrogen and oxygen atoms in total. The van der Waals surface area contributed by atoms with Gasteiger partial charge in [0.1, 0.15) is 11.5 Å². The molecule has 0 N–H and O–H groups in total. The number of hydrogen-bond acceptors (Lipinski definition) is 2. The Morgan fingerprint density at radius 2 is 1.05 bits per heavy atom. The molecule has 0 saturated heterocycles. The SMILES string of the molecule is C=CC=C.c1ccc(O[SiH2]Oc2ccccc2)cc1. The van der Waals surface area contributed by atoms with Crippen LogP contribution < -0.4 is 8.85 Å². The van der Waals surface area contributed by atoms with Crippen LogP contribution in [0.1, 0.15) is 0 Å². The summed E-state index contributed by atoms with van der Waals surface area (Å²) in [5.74, 6) is 1.75. The maximum atomic E-state index is 5.53. The van der Waals surface area contributed by atoms with Crippen LogP contribution in [0.2, 0.25) is 0 Å². The number of para-hydroxylation sites is 2. The van der Waals surface area contributed by atoms with Crippen molar-refractivity contribution in [3.63, 3.8) is 0 Å². The molecule has 0 aliphatic heterocycles. The van der Waals surface area contributed by atoms with Crippen molar-refractivity contribution in [1.82, 2.24) is 0 Å².